The quantitative estimate of drug-likeness (QED) is 0.604. The minimum Gasteiger partial charge on any atom is -0.463 e. The molecule has 1 rings (SSSR count). The predicted molar refractivity (Wildman–Crippen MR) is 40.4 cm³/mol. The van der Waals surface area contributed by atoms with Crippen molar-refractivity contribution in [3.05, 3.63) is 0 Å². The first-order valence-corrected chi connectivity index (χ1v) is 5.22. The molecule has 1 saturated heterocycles. The van der Waals surface area contributed by atoms with E-state index in [1.165, 1.54) is 0 Å². The fourth-order valence-electron chi connectivity index (χ4n) is 0.902. The molecule has 76 valence electrons. The van der Waals surface area contributed by atoms with E-state index >= 15 is 0 Å². The monoisotopic (exact) mass is 211 g/mol. The highest BCUT2D eigenvalue weighted by Gasteiger charge is 2.30. The van der Waals surface area contributed by atoms with Gasteiger partial charge in [-0.3, -0.25) is 9.02 Å². The smallest absolute Gasteiger partial charge is 0.431 e. The van der Waals surface area contributed by atoms with Crippen molar-refractivity contribution < 1.29 is 27.3 Å². The molecule has 0 aromatic heterocycles. The Bertz CT molecular complexity index is 298. The molecule has 0 aromatic rings. The zero-order valence-corrected chi connectivity index (χ0v) is 7.65. The molecule has 1 N–H and O–H groups in total. The average Bonchev–Trinajstić information content (AvgIpc) is 2.31. The molecule has 0 radical (unpaired) electrons. The van der Waals surface area contributed by atoms with Gasteiger partial charge in [0.15, 0.2) is 0 Å². The number of carboxylic acid groups (broad SMARTS) is 1. The number of nitrogens with zero attached hydrogens (tertiary/aromatic N) is 1. The lowest BCUT2D eigenvalue weighted by atomic mass is 10.4. The van der Waals surface area contributed by atoms with Crippen molar-refractivity contribution in [1.29, 1.82) is 0 Å². The molecule has 0 aliphatic carbocycles. The molecule has 1 heterocycles. The number of hydrogen-bond donors (Lipinski definition) is 1. The fourth-order valence-corrected chi connectivity index (χ4v) is 1.51. The van der Waals surface area contributed by atoms with E-state index in [1.807, 2.05) is 0 Å². The first kappa shape index (κ1) is 10.2. The lowest BCUT2D eigenvalue weighted by Gasteiger charge is -2.08. The summed E-state index contributed by atoms with van der Waals surface area (Å²) in [4.78, 5) is 14.9. The van der Waals surface area contributed by atoms with Gasteiger partial charge in [-0.1, -0.05) is 0 Å². The summed E-state index contributed by atoms with van der Waals surface area (Å²) in [5.74, 6) is 0. The van der Waals surface area contributed by atoms with Gasteiger partial charge in [0.25, 0.3) is 10.1 Å². The Kier molecular flexibility index (Phi) is 2.74. The third-order valence-electron chi connectivity index (χ3n) is 1.31. The normalized spacial score (nSPS) is 23.5. The summed E-state index contributed by atoms with van der Waals surface area (Å²) in [6.45, 7) is -0.165. The Balaban J connectivity index is 2.47. The molecule has 1 aliphatic heterocycles. The van der Waals surface area contributed by atoms with Gasteiger partial charge >= 0.3 is 6.09 Å². The Morgan fingerprint density at radius 1 is 1.69 bits per heavy atom. The van der Waals surface area contributed by atoms with E-state index in [4.69, 9.17) is 5.11 Å². The molecule has 0 spiro atoms. The Labute approximate surface area is 74.9 Å². The maximum Gasteiger partial charge on any atom is 0.431 e. The van der Waals surface area contributed by atoms with Crippen LogP contribution < -0.4 is 0 Å². The molecule has 0 saturated carbocycles. The molecule has 0 aromatic carbocycles. The second kappa shape index (κ2) is 3.48. The van der Waals surface area contributed by atoms with Gasteiger partial charge in [-0.25, -0.2) is 4.79 Å². The average molecular weight is 211 g/mol. The van der Waals surface area contributed by atoms with Crippen LogP contribution in [-0.2, 0) is 19.1 Å². The van der Waals surface area contributed by atoms with Gasteiger partial charge < -0.3 is 5.11 Å². The summed E-state index contributed by atoms with van der Waals surface area (Å²) in [5.41, 5.74) is 0. The van der Waals surface area contributed by atoms with Crippen LogP contribution in [0.25, 0.3) is 0 Å². The fraction of sp³-hybridized carbons (Fsp3) is 0.800. The molecule has 0 bridgehead atoms. The van der Waals surface area contributed by atoms with E-state index in [2.05, 4.69) is 9.02 Å². The zero-order valence-electron chi connectivity index (χ0n) is 6.84. The van der Waals surface area contributed by atoms with Crippen molar-refractivity contribution >= 4 is 16.2 Å². The van der Waals surface area contributed by atoms with E-state index < -0.39 is 22.3 Å². The number of rotatable bonds is 2. The Hall–Kier alpha value is -0.860. The van der Waals surface area contributed by atoms with Gasteiger partial charge in [0, 0.05) is 0 Å². The van der Waals surface area contributed by atoms with E-state index in [0.717, 1.165) is 6.26 Å². The molecule has 1 fully saturated rings. The van der Waals surface area contributed by atoms with E-state index in [1.54, 1.807) is 0 Å². The van der Waals surface area contributed by atoms with Gasteiger partial charge in [-0.15, -0.1) is 0 Å². The van der Waals surface area contributed by atoms with Gasteiger partial charge in [0.05, 0.1) is 12.8 Å². The topological polar surface area (TPSA) is 93.1 Å². The number of amides is 1. The van der Waals surface area contributed by atoms with Crippen LogP contribution in [0.5, 0.6) is 0 Å². The van der Waals surface area contributed by atoms with Gasteiger partial charge in [0.1, 0.15) is 12.7 Å². The lowest BCUT2D eigenvalue weighted by molar-refractivity contribution is -0.0838. The van der Waals surface area contributed by atoms with Gasteiger partial charge in [-0.2, -0.15) is 13.5 Å². The predicted octanol–water partition coefficient (Wildman–Crippen LogP) is -0.744. The van der Waals surface area contributed by atoms with Crippen LogP contribution in [0.4, 0.5) is 4.79 Å². The summed E-state index contributed by atoms with van der Waals surface area (Å²) >= 11 is 0. The van der Waals surface area contributed by atoms with Gasteiger partial charge in [-0.05, 0) is 0 Å². The largest absolute Gasteiger partial charge is 0.463 e. The van der Waals surface area contributed by atoms with Gasteiger partial charge in [0.2, 0.25) is 0 Å². The van der Waals surface area contributed by atoms with Crippen LogP contribution in [0.3, 0.4) is 0 Å². The van der Waals surface area contributed by atoms with Crippen molar-refractivity contribution in [3.8, 4) is 0 Å². The minimum absolute atomic E-state index is 0.0701. The molecule has 1 atom stereocenters. The summed E-state index contributed by atoms with van der Waals surface area (Å²) in [7, 11) is -3.56. The van der Waals surface area contributed by atoms with Crippen molar-refractivity contribution in [1.82, 2.24) is 5.06 Å². The van der Waals surface area contributed by atoms with Crippen LogP contribution >= 0.6 is 0 Å². The third kappa shape index (κ3) is 3.17. The molecule has 1 amide bonds. The Morgan fingerprint density at radius 2 is 2.31 bits per heavy atom. The molecular weight excluding hydrogens is 202 g/mol. The van der Waals surface area contributed by atoms with E-state index in [9.17, 15) is 13.2 Å². The first-order valence-electron chi connectivity index (χ1n) is 3.40. The number of hydroxylamine groups is 2. The first-order chi connectivity index (χ1) is 5.88. The summed E-state index contributed by atoms with van der Waals surface area (Å²) in [6.07, 6.45) is -1.11. The van der Waals surface area contributed by atoms with E-state index in [-0.39, 0.29) is 13.2 Å². The Morgan fingerprint density at radius 3 is 2.69 bits per heavy atom. The second-order valence-electron chi connectivity index (χ2n) is 2.56. The lowest BCUT2D eigenvalue weighted by Crippen LogP contribution is -2.28. The second-order valence-corrected chi connectivity index (χ2v) is 4.16. The zero-order chi connectivity index (χ0) is 10.1. The number of hydrogen-bond acceptors (Lipinski definition) is 5. The SMILES string of the molecule is CS(=O)(=O)O[C@@H]1CON(C(=O)O)C1. The van der Waals surface area contributed by atoms with Crippen LogP contribution in [0, 0.1) is 0 Å². The van der Waals surface area contributed by atoms with Crippen LogP contribution in [0.2, 0.25) is 0 Å². The maximum absolute atomic E-state index is 10.6. The van der Waals surface area contributed by atoms with Crippen LogP contribution in [0.1, 0.15) is 0 Å². The number of carbonyl (C=O) groups is 1. The highest BCUT2D eigenvalue weighted by Crippen LogP contribution is 2.10. The summed E-state index contributed by atoms with van der Waals surface area (Å²) in [5, 5.41) is 9.06. The summed E-state index contributed by atoms with van der Waals surface area (Å²) in [6, 6.07) is 0. The molecule has 1 aliphatic rings. The molecule has 7 nitrogen and oxygen atoms in total. The van der Waals surface area contributed by atoms with Crippen molar-refractivity contribution in [2.24, 2.45) is 0 Å². The minimum atomic E-state index is -3.56. The molecular formula is C5H9NO6S. The van der Waals surface area contributed by atoms with E-state index in [0.29, 0.717) is 5.06 Å². The van der Waals surface area contributed by atoms with Crippen molar-refractivity contribution in [3.63, 3.8) is 0 Å². The molecule has 0 unspecified atom stereocenters. The summed E-state index contributed by atoms with van der Waals surface area (Å²) < 4.78 is 25.8. The van der Waals surface area contributed by atoms with Crippen molar-refractivity contribution in [2.75, 3.05) is 19.4 Å². The third-order valence-corrected chi connectivity index (χ3v) is 1.93. The van der Waals surface area contributed by atoms with Crippen molar-refractivity contribution in [2.45, 2.75) is 6.10 Å². The highest BCUT2D eigenvalue weighted by molar-refractivity contribution is 7.86. The maximum atomic E-state index is 10.6. The van der Waals surface area contributed by atoms with Crippen LogP contribution in [0.15, 0.2) is 0 Å². The standard InChI is InChI=1S/C5H9NO6S/c1-13(9,10)12-4-2-6(5(7)8)11-3-4/h4H,2-3H2,1H3,(H,7,8)/t4-/m0/s1. The highest BCUT2D eigenvalue weighted by atomic mass is 32.2. The molecule has 13 heavy (non-hydrogen) atoms. The van der Waals surface area contributed by atoms with Crippen LogP contribution in [-0.4, -0.2) is 50.2 Å². The molecule has 8 heteroatoms.